The fourth-order valence-corrected chi connectivity index (χ4v) is 1.97. The van der Waals surface area contributed by atoms with Crippen molar-refractivity contribution in [2.24, 2.45) is 5.10 Å². The van der Waals surface area contributed by atoms with Gasteiger partial charge in [-0.3, -0.25) is 14.6 Å². The van der Waals surface area contributed by atoms with Crippen LogP contribution in [-0.4, -0.2) is 23.0 Å². The van der Waals surface area contributed by atoms with Gasteiger partial charge in [-0.05, 0) is 29.8 Å². The summed E-state index contributed by atoms with van der Waals surface area (Å²) in [7, 11) is 0. The fraction of sp³-hybridized carbons (Fsp3) is 0.0667. The van der Waals surface area contributed by atoms with E-state index in [4.69, 9.17) is 0 Å². The molecule has 0 bridgehead atoms. The average molecular weight is 361 g/mol. The van der Waals surface area contributed by atoms with Gasteiger partial charge in [0.2, 0.25) is 0 Å². The average Bonchev–Trinajstić information content (AvgIpc) is 2.53. The van der Waals surface area contributed by atoms with E-state index in [0.717, 1.165) is 10.0 Å². The van der Waals surface area contributed by atoms with Crippen molar-refractivity contribution in [3.8, 4) is 0 Å². The monoisotopic (exact) mass is 360 g/mol. The van der Waals surface area contributed by atoms with E-state index in [2.05, 4.69) is 36.8 Å². The molecule has 1 aromatic heterocycles. The highest BCUT2D eigenvalue weighted by atomic mass is 79.9. The first-order chi connectivity index (χ1) is 10.6. The number of amides is 2. The molecule has 7 heteroatoms. The number of benzene rings is 1. The number of pyridine rings is 1. The highest BCUT2D eigenvalue weighted by Crippen LogP contribution is 2.09. The Morgan fingerprint density at radius 3 is 2.77 bits per heavy atom. The standard InChI is InChI=1S/C15H13BrN4O2/c16-12-5-3-4-11(8-12)9-19-20-15(22)14(21)18-10-13-6-1-2-7-17-13/h1-9H,10H2,(H,18,21)(H,20,22)/b19-9-. The number of hydrazone groups is 1. The van der Waals surface area contributed by atoms with E-state index in [1.807, 2.05) is 24.3 Å². The van der Waals surface area contributed by atoms with Gasteiger partial charge in [-0.15, -0.1) is 0 Å². The van der Waals surface area contributed by atoms with Crippen LogP contribution in [0.25, 0.3) is 0 Å². The summed E-state index contributed by atoms with van der Waals surface area (Å²) in [6, 6.07) is 12.7. The first-order valence-corrected chi connectivity index (χ1v) is 7.21. The molecular formula is C15H13BrN4O2. The lowest BCUT2D eigenvalue weighted by atomic mass is 10.2. The van der Waals surface area contributed by atoms with Crippen molar-refractivity contribution >= 4 is 34.0 Å². The minimum atomic E-state index is -0.831. The van der Waals surface area contributed by atoms with Gasteiger partial charge in [0.1, 0.15) is 0 Å². The Hall–Kier alpha value is -2.54. The lowest BCUT2D eigenvalue weighted by Gasteiger charge is -2.03. The Morgan fingerprint density at radius 2 is 2.05 bits per heavy atom. The Balaban J connectivity index is 1.80. The number of nitrogens with zero attached hydrogens (tertiary/aromatic N) is 2. The third-order valence-electron chi connectivity index (χ3n) is 2.59. The van der Waals surface area contributed by atoms with Gasteiger partial charge in [0.05, 0.1) is 18.5 Å². The topological polar surface area (TPSA) is 83.5 Å². The molecular weight excluding hydrogens is 348 g/mol. The molecule has 0 spiro atoms. The van der Waals surface area contributed by atoms with Crippen LogP contribution >= 0.6 is 15.9 Å². The van der Waals surface area contributed by atoms with Crippen LogP contribution in [0.2, 0.25) is 0 Å². The highest BCUT2D eigenvalue weighted by molar-refractivity contribution is 9.10. The number of nitrogens with one attached hydrogen (secondary N) is 2. The van der Waals surface area contributed by atoms with Crippen LogP contribution in [0.15, 0.2) is 58.2 Å². The fourth-order valence-electron chi connectivity index (χ4n) is 1.56. The number of hydrogen-bond acceptors (Lipinski definition) is 4. The zero-order valence-corrected chi connectivity index (χ0v) is 13.1. The molecule has 0 radical (unpaired) electrons. The summed E-state index contributed by atoms with van der Waals surface area (Å²) in [5.74, 6) is -1.60. The molecule has 2 amide bonds. The van der Waals surface area contributed by atoms with Crippen LogP contribution in [-0.2, 0) is 16.1 Å². The molecule has 0 fully saturated rings. The number of halogens is 1. The van der Waals surface area contributed by atoms with Crippen LogP contribution in [0.4, 0.5) is 0 Å². The van der Waals surface area contributed by atoms with Gasteiger partial charge in [-0.1, -0.05) is 34.1 Å². The van der Waals surface area contributed by atoms with Gasteiger partial charge in [0.15, 0.2) is 0 Å². The number of carbonyl (C=O) groups is 2. The summed E-state index contributed by atoms with van der Waals surface area (Å²) in [6.45, 7) is 0.183. The predicted molar refractivity (Wildman–Crippen MR) is 86.0 cm³/mol. The molecule has 2 aromatic rings. The zero-order chi connectivity index (χ0) is 15.8. The van der Waals surface area contributed by atoms with E-state index in [0.29, 0.717) is 5.69 Å². The molecule has 22 heavy (non-hydrogen) atoms. The molecule has 0 aliphatic rings. The zero-order valence-electron chi connectivity index (χ0n) is 11.5. The highest BCUT2D eigenvalue weighted by Gasteiger charge is 2.11. The van der Waals surface area contributed by atoms with Crippen molar-refractivity contribution in [1.29, 1.82) is 0 Å². The van der Waals surface area contributed by atoms with Crippen LogP contribution in [0.5, 0.6) is 0 Å². The number of carbonyl (C=O) groups excluding carboxylic acids is 2. The Morgan fingerprint density at radius 1 is 1.18 bits per heavy atom. The van der Waals surface area contributed by atoms with Gasteiger partial charge >= 0.3 is 11.8 Å². The summed E-state index contributed by atoms with van der Waals surface area (Å²) < 4.78 is 0.899. The maximum absolute atomic E-state index is 11.6. The van der Waals surface area contributed by atoms with Crippen LogP contribution in [0.3, 0.4) is 0 Å². The Labute approximate surface area is 135 Å². The van der Waals surface area contributed by atoms with E-state index in [-0.39, 0.29) is 6.54 Å². The maximum Gasteiger partial charge on any atom is 0.329 e. The van der Waals surface area contributed by atoms with Gasteiger partial charge < -0.3 is 5.32 Å². The first-order valence-electron chi connectivity index (χ1n) is 6.42. The van der Waals surface area contributed by atoms with Gasteiger partial charge in [-0.25, -0.2) is 5.43 Å². The Bertz CT molecular complexity index is 689. The molecule has 2 N–H and O–H groups in total. The third-order valence-corrected chi connectivity index (χ3v) is 3.08. The molecule has 112 valence electrons. The molecule has 2 rings (SSSR count). The predicted octanol–water partition coefficient (Wildman–Crippen LogP) is 1.61. The van der Waals surface area contributed by atoms with E-state index in [1.54, 1.807) is 24.4 Å². The van der Waals surface area contributed by atoms with Gasteiger partial charge in [-0.2, -0.15) is 5.10 Å². The molecule has 0 saturated carbocycles. The number of hydrogen-bond donors (Lipinski definition) is 2. The molecule has 0 atom stereocenters. The van der Waals surface area contributed by atoms with Crippen molar-refractivity contribution in [2.45, 2.75) is 6.54 Å². The minimum absolute atomic E-state index is 0.183. The number of rotatable bonds is 4. The second-order valence-electron chi connectivity index (χ2n) is 4.26. The second kappa shape index (κ2) is 8.04. The van der Waals surface area contributed by atoms with Gasteiger partial charge in [0, 0.05) is 10.7 Å². The third kappa shape index (κ3) is 5.10. The van der Waals surface area contributed by atoms with Crippen LogP contribution in [0.1, 0.15) is 11.3 Å². The van der Waals surface area contributed by atoms with E-state index in [9.17, 15) is 9.59 Å². The van der Waals surface area contributed by atoms with Crippen LogP contribution in [0, 0.1) is 0 Å². The van der Waals surface area contributed by atoms with Crippen molar-refractivity contribution in [3.05, 3.63) is 64.4 Å². The van der Waals surface area contributed by atoms with E-state index >= 15 is 0 Å². The number of aromatic nitrogens is 1. The normalized spacial score (nSPS) is 10.4. The van der Waals surface area contributed by atoms with Crippen molar-refractivity contribution in [3.63, 3.8) is 0 Å². The van der Waals surface area contributed by atoms with E-state index < -0.39 is 11.8 Å². The molecule has 6 nitrogen and oxygen atoms in total. The van der Waals surface area contributed by atoms with Crippen molar-refractivity contribution in [1.82, 2.24) is 15.7 Å². The smallest absolute Gasteiger partial charge is 0.329 e. The molecule has 1 heterocycles. The summed E-state index contributed by atoms with van der Waals surface area (Å²) in [6.07, 6.45) is 3.07. The van der Waals surface area contributed by atoms with Crippen LogP contribution < -0.4 is 10.7 Å². The maximum atomic E-state index is 11.6. The molecule has 1 aromatic carbocycles. The largest absolute Gasteiger partial charge is 0.342 e. The summed E-state index contributed by atoms with van der Waals surface area (Å²) in [5, 5.41) is 6.20. The quantitative estimate of drug-likeness (QED) is 0.493. The molecule has 0 unspecified atom stereocenters. The van der Waals surface area contributed by atoms with E-state index in [1.165, 1.54) is 6.21 Å². The minimum Gasteiger partial charge on any atom is -0.342 e. The molecule has 0 aliphatic carbocycles. The lowest BCUT2D eigenvalue weighted by Crippen LogP contribution is -2.37. The Kier molecular flexibility index (Phi) is 5.79. The van der Waals surface area contributed by atoms with Crippen molar-refractivity contribution < 1.29 is 9.59 Å². The molecule has 0 aliphatic heterocycles. The summed E-state index contributed by atoms with van der Waals surface area (Å²) >= 11 is 3.33. The van der Waals surface area contributed by atoms with Gasteiger partial charge in [0.25, 0.3) is 0 Å². The SMILES string of the molecule is O=C(NCc1ccccn1)C(=O)N/N=C\c1cccc(Br)c1. The van der Waals surface area contributed by atoms with Crippen molar-refractivity contribution in [2.75, 3.05) is 0 Å². The summed E-state index contributed by atoms with van der Waals surface area (Å²) in [5.41, 5.74) is 3.63. The first kappa shape index (κ1) is 15.8. The summed E-state index contributed by atoms with van der Waals surface area (Å²) in [4.78, 5) is 27.2. The second-order valence-corrected chi connectivity index (χ2v) is 5.17. The molecule has 0 saturated heterocycles. The lowest BCUT2D eigenvalue weighted by molar-refractivity contribution is -0.139.